The van der Waals surface area contributed by atoms with E-state index >= 15 is 0 Å². The molecule has 1 amide bonds. The molecule has 0 radical (unpaired) electrons. The number of benzene rings is 2. The third-order valence-corrected chi connectivity index (χ3v) is 2.65. The van der Waals surface area contributed by atoms with Crippen molar-refractivity contribution in [3.8, 4) is 11.1 Å². The summed E-state index contributed by atoms with van der Waals surface area (Å²) in [6, 6.07) is 18.3. The maximum Gasteiger partial charge on any atom is 0.245 e. The number of primary amides is 1. The zero-order chi connectivity index (χ0) is 13.5. The molecule has 0 spiro atoms. The van der Waals surface area contributed by atoms with E-state index in [1.807, 2.05) is 30.3 Å². The van der Waals surface area contributed by atoms with E-state index in [-0.39, 0.29) is 6.61 Å². The lowest BCUT2D eigenvalue weighted by Gasteiger charge is -2.06. The van der Waals surface area contributed by atoms with Gasteiger partial charge in [-0.15, -0.1) is 0 Å². The van der Waals surface area contributed by atoms with E-state index in [0.29, 0.717) is 6.54 Å². The van der Waals surface area contributed by atoms with E-state index in [2.05, 4.69) is 29.7 Å². The molecule has 0 saturated heterocycles. The van der Waals surface area contributed by atoms with Crippen LogP contribution in [0.2, 0.25) is 0 Å². The van der Waals surface area contributed by atoms with Crippen molar-refractivity contribution in [2.24, 2.45) is 5.73 Å². The lowest BCUT2D eigenvalue weighted by atomic mass is 10.0. The van der Waals surface area contributed by atoms with Gasteiger partial charge in [0.2, 0.25) is 5.91 Å². The van der Waals surface area contributed by atoms with Crippen molar-refractivity contribution < 1.29 is 9.63 Å². The highest BCUT2D eigenvalue weighted by molar-refractivity contribution is 5.74. The number of hydrogen-bond acceptors (Lipinski definition) is 3. The summed E-state index contributed by atoms with van der Waals surface area (Å²) in [7, 11) is 0. The maximum absolute atomic E-state index is 10.5. The average molecular weight is 256 g/mol. The fourth-order valence-electron chi connectivity index (χ4n) is 1.70. The second-order valence-corrected chi connectivity index (χ2v) is 4.14. The Hall–Kier alpha value is -2.17. The van der Waals surface area contributed by atoms with Crippen molar-refractivity contribution >= 4 is 5.91 Å². The van der Waals surface area contributed by atoms with Gasteiger partial charge in [-0.25, -0.2) is 0 Å². The van der Waals surface area contributed by atoms with Crippen LogP contribution >= 0.6 is 0 Å². The number of carbonyl (C=O) groups is 1. The zero-order valence-corrected chi connectivity index (χ0v) is 10.5. The van der Waals surface area contributed by atoms with E-state index in [0.717, 1.165) is 5.56 Å². The molecular formula is C15H16N2O2. The van der Waals surface area contributed by atoms with Gasteiger partial charge in [0.1, 0.15) is 6.61 Å². The number of nitrogens with two attached hydrogens (primary N) is 1. The Morgan fingerprint density at radius 2 is 1.63 bits per heavy atom. The Balaban J connectivity index is 1.90. The van der Waals surface area contributed by atoms with E-state index in [1.54, 1.807) is 0 Å². The lowest BCUT2D eigenvalue weighted by molar-refractivity contribution is -0.125. The first-order valence-electron chi connectivity index (χ1n) is 6.03. The molecule has 2 aromatic rings. The van der Waals surface area contributed by atoms with Gasteiger partial charge in [0.15, 0.2) is 0 Å². The molecule has 0 aliphatic rings. The second-order valence-electron chi connectivity index (χ2n) is 4.14. The van der Waals surface area contributed by atoms with Gasteiger partial charge in [-0.3, -0.25) is 9.63 Å². The molecule has 0 aliphatic heterocycles. The van der Waals surface area contributed by atoms with Crippen molar-refractivity contribution in [2.45, 2.75) is 6.54 Å². The van der Waals surface area contributed by atoms with Gasteiger partial charge >= 0.3 is 0 Å². The fraction of sp³-hybridized carbons (Fsp3) is 0.133. The summed E-state index contributed by atoms with van der Waals surface area (Å²) < 4.78 is 0. The van der Waals surface area contributed by atoms with Gasteiger partial charge in [-0.05, 0) is 16.7 Å². The molecule has 0 heterocycles. The van der Waals surface area contributed by atoms with Crippen LogP contribution in [0, 0.1) is 0 Å². The Morgan fingerprint density at radius 3 is 2.26 bits per heavy atom. The van der Waals surface area contributed by atoms with Gasteiger partial charge in [0.05, 0.1) is 0 Å². The van der Waals surface area contributed by atoms with Gasteiger partial charge in [0, 0.05) is 6.54 Å². The summed E-state index contributed by atoms with van der Waals surface area (Å²) in [5.74, 6) is -0.494. The molecule has 0 atom stereocenters. The molecule has 19 heavy (non-hydrogen) atoms. The average Bonchev–Trinajstić information content (AvgIpc) is 2.45. The molecule has 0 aromatic heterocycles. The van der Waals surface area contributed by atoms with Gasteiger partial charge in [0.25, 0.3) is 0 Å². The predicted molar refractivity (Wildman–Crippen MR) is 73.9 cm³/mol. The summed E-state index contributed by atoms with van der Waals surface area (Å²) in [4.78, 5) is 15.4. The van der Waals surface area contributed by atoms with Crippen molar-refractivity contribution in [2.75, 3.05) is 6.61 Å². The first-order valence-corrected chi connectivity index (χ1v) is 6.03. The summed E-state index contributed by atoms with van der Waals surface area (Å²) in [6.45, 7) is 0.407. The number of amides is 1. The van der Waals surface area contributed by atoms with Crippen LogP contribution in [0.1, 0.15) is 5.56 Å². The van der Waals surface area contributed by atoms with E-state index in [9.17, 15) is 4.79 Å². The summed E-state index contributed by atoms with van der Waals surface area (Å²) in [5, 5.41) is 0. The Kier molecular flexibility index (Phi) is 4.66. The van der Waals surface area contributed by atoms with Gasteiger partial charge < -0.3 is 5.73 Å². The number of hydrogen-bond donors (Lipinski definition) is 2. The van der Waals surface area contributed by atoms with Crippen molar-refractivity contribution in [1.29, 1.82) is 0 Å². The van der Waals surface area contributed by atoms with Gasteiger partial charge in [-0.2, -0.15) is 5.48 Å². The molecule has 2 rings (SSSR count). The SMILES string of the molecule is NC(=O)CONCc1ccc(-c2ccccc2)cc1. The van der Waals surface area contributed by atoms with Crippen LogP contribution in [0.3, 0.4) is 0 Å². The fourth-order valence-corrected chi connectivity index (χ4v) is 1.70. The third-order valence-electron chi connectivity index (χ3n) is 2.65. The Labute approximate surface area is 112 Å². The quantitative estimate of drug-likeness (QED) is 0.612. The number of nitrogens with one attached hydrogen (secondary N) is 1. The van der Waals surface area contributed by atoms with Crippen LogP contribution in [-0.2, 0) is 16.2 Å². The zero-order valence-electron chi connectivity index (χ0n) is 10.5. The first-order chi connectivity index (χ1) is 9.25. The number of hydroxylamine groups is 1. The van der Waals surface area contributed by atoms with E-state index in [4.69, 9.17) is 10.6 Å². The van der Waals surface area contributed by atoms with Gasteiger partial charge in [-0.1, -0.05) is 54.6 Å². The predicted octanol–water partition coefficient (Wildman–Crippen LogP) is 1.86. The van der Waals surface area contributed by atoms with Crippen LogP contribution < -0.4 is 11.2 Å². The van der Waals surface area contributed by atoms with Crippen LogP contribution in [0.4, 0.5) is 0 Å². The molecule has 0 unspecified atom stereocenters. The third kappa shape index (κ3) is 4.21. The smallest absolute Gasteiger partial charge is 0.245 e. The van der Waals surface area contributed by atoms with Crippen molar-refractivity contribution in [1.82, 2.24) is 5.48 Å². The topological polar surface area (TPSA) is 64.4 Å². The molecule has 4 nitrogen and oxygen atoms in total. The minimum Gasteiger partial charge on any atom is -0.368 e. The molecule has 98 valence electrons. The standard InChI is InChI=1S/C15H16N2O2/c16-15(18)11-19-17-10-12-6-8-14(9-7-12)13-4-2-1-3-5-13/h1-9,17H,10-11H2,(H2,16,18). The summed E-state index contributed by atoms with van der Waals surface area (Å²) in [5.41, 5.74) is 11.1. The highest BCUT2D eigenvalue weighted by atomic mass is 16.6. The van der Waals surface area contributed by atoms with Crippen molar-refractivity contribution in [3.63, 3.8) is 0 Å². The normalized spacial score (nSPS) is 10.3. The summed E-state index contributed by atoms with van der Waals surface area (Å²) >= 11 is 0. The maximum atomic E-state index is 10.5. The number of carbonyl (C=O) groups excluding carboxylic acids is 1. The number of rotatable bonds is 6. The van der Waals surface area contributed by atoms with Crippen LogP contribution in [0.5, 0.6) is 0 Å². The Morgan fingerprint density at radius 1 is 1.00 bits per heavy atom. The molecule has 0 fully saturated rings. The minimum atomic E-state index is -0.494. The second kappa shape index (κ2) is 6.68. The van der Waals surface area contributed by atoms with Crippen molar-refractivity contribution in [3.05, 3.63) is 60.2 Å². The largest absolute Gasteiger partial charge is 0.368 e. The lowest BCUT2D eigenvalue weighted by Crippen LogP contribution is -2.24. The summed E-state index contributed by atoms with van der Waals surface area (Å²) in [6.07, 6.45) is 0. The van der Waals surface area contributed by atoms with Crippen LogP contribution in [0.25, 0.3) is 11.1 Å². The Bertz CT molecular complexity index is 524. The highest BCUT2D eigenvalue weighted by Crippen LogP contribution is 2.19. The molecule has 3 N–H and O–H groups in total. The first kappa shape index (κ1) is 13.3. The highest BCUT2D eigenvalue weighted by Gasteiger charge is 1.98. The molecule has 0 aliphatic carbocycles. The molecule has 2 aromatic carbocycles. The minimum absolute atomic E-state index is 0.123. The van der Waals surface area contributed by atoms with Crippen LogP contribution in [-0.4, -0.2) is 12.5 Å². The molecular weight excluding hydrogens is 240 g/mol. The van der Waals surface area contributed by atoms with E-state index < -0.39 is 5.91 Å². The molecule has 0 bridgehead atoms. The van der Waals surface area contributed by atoms with E-state index in [1.165, 1.54) is 11.1 Å². The molecule has 4 heteroatoms. The monoisotopic (exact) mass is 256 g/mol. The molecule has 0 saturated carbocycles. The van der Waals surface area contributed by atoms with Crippen LogP contribution in [0.15, 0.2) is 54.6 Å².